The van der Waals surface area contributed by atoms with Crippen molar-refractivity contribution in [1.29, 1.82) is 5.26 Å². The van der Waals surface area contributed by atoms with Gasteiger partial charge in [-0.15, -0.1) is 0 Å². The number of halogens is 2. The minimum absolute atomic E-state index is 0.0253. The zero-order chi connectivity index (χ0) is 18.1. The second kappa shape index (κ2) is 6.21. The summed E-state index contributed by atoms with van der Waals surface area (Å²) >= 11 is 0. The zero-order valence-electron chi connectivity index (χ0n) is 13.5. The number of hydrogen-bond acceptors (Lipinski definition) is 7. The van der Waals surface area contributed by atoms with Crippen LogP contribution >= 0.6 is 0 Å². The maximum atomic E-state index is 12.2. The molecule has 1 aliphatic rings. The molecule has 11 heteroatoms. The minimum atomic E-state index is -2.93. The van der Waals surface area contributed by atoms with Crippen molar-refractivity contribution in [2.45, 2.75) is 32.4 Å². The van der Waals surface area contributed by atoms with Gasteiger partial charge in [-0.05, 0) is 12.8 Å². The number of ether oxygens (including phenoxy) is 1. The van der Waals surface area contributed by atoms with Crippen LogP contribution in [0.2, 0.25) is 0 Å². The molecule has 0 unspecified atom stereocenters. The standard InChI is InChI=1S/C15H14F2N8O/c16-14(17)26-12-5-10(23-24-12)21-11-7-19-9-6-20-25(13(9)22-11)8-15(1-2-15)3-4-18/h5-7,14H,1-3,8H2,(H2,21,22,23,24). The predicted octanol–water partition coefficient (Wildman–Crippen LogP) is 2.59. The minimum Gasteiger partial charge on any atom is -0.417 e. The van der Waals surface area contributed by atoms with Gasteiger partial charge in [0.1, 0.15) is 5.52 Å². The number of rotatable bonds is 7. The topological polar surface area (TPSA) is 117 Å². The molecule has 1 saturated carbocycles. The largest absolute Gasteiger partial charge is 0.417 e. The smallest absolute Gasteiger partial charge is 0.388 e. The molecule has 0 aromatic carbocycles. The summed E-state index contributed by atoms with van der Waals surface area (Å²) in [6, 6.07) is 3.52. The SMILES string of the molecule is N#CCC1(Cn2ncc3ncc(Nc4cc(OC(F)F)[nH]n4)nc32)CC1. The van der Waals surface area contributed by atoms with Crippen molar-refractivity contribution in [2.24, 2.45) is 5.41 Å². The van der Waals surface area contributed by atoms with Gasteiger partial charge in [0, 0.05) is 24.4 Å². The number of H-pyrrole nitrogens is 1. The molecule has 0 spiro atoms. The Morgan fingerprint density at radius 1 is 1.38 bits per heavy atom. The van der Waals surface area contributed by atoms with E-state index >= 15 is 0 Å². The van der Waals surface area contributed by atoms with Crippen LogP contribution in [-0.4, -0.2) is 36.6 Å². The third-order valence-corrected chi connectivity index (χ3v) is 4.27. The third-order valence-electron chi connectivity index (χ3n) is 4.27. The summed E-state index contributed by atoms with van der Waals surface area (Å²) in [7, 11) is 0. The van der Waals surface area contributed by atoms with Gasteiger partial charge < -0.3 is 10.1 Å². The second-order valence-electron chi connectivity index (χ2n) is 6.22. The van der Waals surface area contributed by atoms with Crippen molar-refractivity contribution in [1.82, 2.24) is 29.9 Å². The average Bonchev–Trinajstić information content (AvgIpc) is 3.03. The van der Waals surface area contributed by atoms with Gasteiger partial charge in [-0.1, -0.05) is 0 Å². The first-order chi connectivity index (χ1) is 12.6. The Kier molecular flexibility index (Phi) is 3.87. The van der Waals surface area contributed by atoms with Gasteiger partial charge in [0.25, 0.3) is 0 Å². The van der Waals surface area contributed by atoms with Gasteiger partial charge in [0.05, 0.1) is 18.5 Å². The van der Waals surface area contributed by atoms with Gasteiger partial charge in [-0.2, -0.15) is 24.2 Å². The zero-order valence-corrected chi connectivity index (χ0v) is 13.5. The average molecular weight is 360 g/mol. The molecule has 0 amide bonds. The number of aromatic amines is 1. The van der Waals surface area contributed by atoms with E-state index in [0.29, 0.717) is 29.9 Å². The van der Waals surface area contributed by atoms with E-state index < -0.39 is 6.61 Å². The summed E-state index contributed by atoms with van der Waals surface area (Å²) in [4.78, 5) is 8.76. The number of aromatic nitrogens is 6. The van der Waals surface area contributed by atoms with Crippen LogP contribution in [0.25, 0.3) is 11.2 Å². The first-order valence-electron chi connectivity index (χ1n) is 7.90. The number of nitrogens with zero attached hydrogens (tertiary/aromatic N) is 6. The van der Waals surface area contributed by atoms with Crippen LogP contribution in [0, 0.1) is 16.7 Å². The van der Waals surface area contributed by atoms with E-state index in [0.717, 1.165) is 12.8 Å². The van der Waals surface area contributed by atoms with E-state index in [4.69, 9.17) is 5.26 Å². The summed E-state index contributed by atoms with van der Waals surface area (Å²) < 4.78 is 30.4. The number of nitriles is 1. The summed E-state index contributed by atoms with van der Waals surface area (Å²) in [6.07, 6.45) is 5.59. The van der Waals surface area contributed by atoms with Crippen molar-refractivity contribution >= 4 is 22.8 Å². The fourth-order valence-electron chi connectivity index (χ4n) is 2.73. The van der Waals surface area contributed by atoms with E-state index in [2.05, 4.69) is 41.4 Å². The fraction of sp³-hybridized carbons (Fsp3) is 0.400. The number of alkyl halides is 2. The van der Waals surface area contributed by atoms with Crippen LogP contribution in [0.3, 0.4) is 0 Å². The first-order valence-corrected chi connectivity index (χ1v) is 7.90. The quantitative estimate of drug-likeness (QED) is 0.665. The molecule has 1 fully saturated rings. The Balaban J connectivity index is 1.54. The number of nitrogens with one attached hydrogen (secondary N) is 2. The molecule has 9 nitrogen and oxygen atoms in total. The molecule has 26 heavy (non-hydrogen) atoms. The number of anilines is 2. The second-order valence-corrected chi connectivity index (χ2v) is 6.22. The predicted molar refractivity (Wildman–Crippen MR) is 85.7 cm³/mol. The lowest BCUT2D eigenvalue weighted by Crippen LogP contribution is -2.13. The Morgan fingerprint density at radius 3 is 2.96 bits per heavy atom. The number of fused-ring (bicyclic) bond motifs is 1. The molecule has 1 aliphatic carbocycles. The van der Waals surface area contributed by atoms with Crippen molar-refractivity contribution < 1.29 is 13.5 Å². The van der Waals surface area contributed by atoms with Crippen molar-refractivity contribution in [3.63, 3.8) is 0 Å². The van der Waals surface area contributed by atoms with Gasteiger partial charge in [0.15, 0.2) is 17.3 Å². The molecule has 134 valence electrons. The lowest BCUT2D eigenvalue weighted by atomic mass is 10.0. The molecular weight excluding hydrogens is 346 g/mol. The molecule has 0 bridgehead atoms. The van der Waals surface area contributed by atoms with E-state index in [-0.39, 0.29) is 17.1 Å². The maximum absolute atomic E-state index is 12.2. The number of hydrogen-bond donors (Lipinski definition) is 2. The van der Waals surface area contributed by atoms with E-state index in [1.165, 1.54) is 12.3 Å². The Hall–Kier alpha value is -3.29. The highest BCUT2D eigenvalue weighted by atomic mass is 19.3. The maximum Gasteiger partial charge on any atom is 0.388 e. The van der Waals surface area contributed by atoms with Crippen molar-refractivity contribution in [3.8, 4) is 11.9 Å². The van der Waals surface area contributed by atoms with E-state index in [1.54, 1.807) is 10.9 Å². The highest BCUT2D eigenvalue weighted by molar-refractivity contribution is 5.72. The Bertz CT molecular complexity index is 972. The summed E-state index contributed by atoms with van der Waals surface area (Å²) in [5.74, 6) is 0.497. The fourth-order valence-corrected chi connectivity index (χ4v) is 2.73. The van der Waals surface area contributed by atoms with E-state index in [1.807, 2.05) is 0 Å². The van der Waals surface area contributed by atoms with Gasteiger partial charge in [-0.25, -0.2) is 19.7 Å². The van der Waals surface area contributed by atoms with Crippen molar-refractivity contribution in [2.75, 3.05) is 5.32 Å². The molecule has 0 saturated heterocycles. The highest BCUT2D eigenvalue weighted by Crippen LogP contribution is 2.50. The lowest BCUT2D eigenvalue weighted by Gasteiger charge is -2.11. The first kappa shape index (κ1) is 16.2. The molecule has 0 atom stereocenters. The van der Waals surface area contributed by atoms with Crippen LogP contribution in [0.15, 0.2) is 18.5 Å². The van der Waals surface area contributed by atoms with Crippen LogP contribution < -0.4 is 10.1 Å². The Morgan fingerprint density at radius 2 is 2.23 bits per heavy atom. The molecule has 3 heterocycles. The summed E-state index contributed by atoms with van der Waals surface area (Å²) in [6.45, 7) is -2.33. The van der Waals surface area contributed by atoms with Crippen molar-refractivity contribution in [3.05, 3.63) is 18.5 Å². The molecule has 2 N–H and O–H groups in total. The molecular formula is C15H14F2N8O. The molecule has 0 aliphatic heterocycles. The van der Waals surface area contributed by atoms with E-state index in [9.17, 15) is 8.78 Å². The van der Waals surface area contributed by atoms with Gasteiger partial charge in [0.2, 0.25) is 5.88 Å². The Labute approximate surface area is 146 Å². The van der Waals surface area contributed by atoms with Crippen LogP contribution in [-0.2, 0) is 6.54 Å². The van der Waals surface area contributed by atoms with Crippen LogP contribution in [0.4, 0.5) is 20.4 Å². The molecule has 0 radical (unpaired) electrons. The monoisotopic (exact) mass is 360 g/mol. The summed E-state index contributed by atoms with van der Waals surface area (Å²) in [5, 5.41) is 22.3. The highest BCUT2D eigenvalue weighted by Gasteiger charge is 2.43. The van der Waals surface area contributed by atoms with Crippen LogP contribution in [0.5, 0.6) is 5.88 Å². The van der Waals surface area contributed by atoms with Crippen LogP contribution in [0.1, 0.15) is 19.3 Å². The summed E-state index contributed by atoms with van der Waals surface area (Å²) in [5.41, 5.74) is 1.19. The van der Waals surface area contributed by atoms with Gasteiger partial charge in [-0.3, -0.25) is 0 Å². The normalized spacial score (nSPS) is 15.2. The molecule has 3 aromatic heterocycles. The van der Waals surface area contributed by atoms with Gasteiger partial charge >= 0.3 is 6.61 Å². The molecule has 3 aromatic rings. The molecule has 4 rings (SSSR count). The third kappa shape index (κ3) is 3.26. The lowest BCUT2D eigenvalue weighted by molar-refractivity contribution is -0.0528.